The smallest absolute Gasteiger partial charge is 0.0589 e. The first-order chi connectivity index (χ1) is 7.63. The van der Waals surface area contributed by atoms with Crippen molar-refractivity contribution in [2.45, 2.75) is 13.3 Å². The first kappa shape index (κ1) is 11.4. The van der Waals surface area contributed by atoms with Crippen molar-refractivity contribution in [1.82, 2.24) is 9.97 Å². The molecule has 2 rings (SSSR count). The molecule has 2 nitrogen and oxygen atoms in total. The van der Waals surface area contributed by atoms with Gasteiger partial charge in [-0.1, -0.05) is 23.2 Å². The average Bonchev–Trinajstić information content (AvgIpc) is 2.20. The van der Waals surface area contributed by atoms with Crippen molar-refractivity contribution < 1.29 is 0 Å². The van der Waals surface area contributed by atoms with Crippen LogP contribution in [-0.4, -0.2) is 9.97 Å². The van der Waals surface area contributed by atoms with Gasteiger partial charge in [0.2, 0.25) is 0 Å². The highest BCUT2D eigenvalue weighted by atomic mass is 35.5. The van der Waals surface area contributed by atoms with E-state index in [2.05, 4.69) is 9.97 Å². The van der Waals surface area contributed by atoms with Crippen LogP contribution in [0.3, 0.4) is 0 Å². The number of hydrogen-bond donors (Lipinski definition) is 0. The van der Waals surface area contributed by atoms with Crippen molar-refractivity contribution in [2.75, 3.05) is 0 Å². The van der Waals surface area contributed by atoms with Gasteiger partial charge in [-0.25, -0.2) is 0 Å². The lowest BCUT2D eigenvalue weighted by Crippen LogP contribution is -1.96. The molecule has 16 heavy (non-hydrogen) atoms. The normalized spacial score (nSPS) is 10.4. The van der Waals surface area contributed by atoms with E-state index in [1.165, 1.54) is 0 Å². The van der Waals surface area contributed by atoms with E-state index >= 15 is 0 Å². The Morgan fingerprint density at radius 3 is 2.50 bits per heavy atom. The summed E-state index contributed by atoms with van der Waals surface area (Å²) in [5, 5.41) is 1.34. The summed E-state index contributed by atoms with van der Waals surface area (Å²) in [5.41, 5.74) is 2.76. The van der Waals surface area contributed by atoms with E-state index in [9.17, 15) is 0 Å². The molecule has 0 fully saturated rings. The third kappa shape index (κ3) is 2.94. The first-order valence-corrected chi connectivity index (χ1v) is 5.62. The minimum Gasteiger partial charge on any atom is -0.259 e. The van der Waals surface area contributed by atoms with Gasteiger partial charge in [0, 0.05) is 34.7 Å². The highest BCUT2D eigenvalue weighted by Crippen LogP contribution is 2.14. The molecule has 0 saturated heterocycles. The van der Waals surface area contributed by atoms with E-state index in [0.29, 0.717) is 16.5 Å². The van der Waals surface area contributed by atoms with Gasteiger partial charge < -0.3 is 0 Å². The van der Waals surface area contributed by atoms with Crippen LogP contribution in [0.5, 0.6) is 0 Å². The van der Waals surface area contributed by atoms with Crippen LogP contribution < -0.4 is 0 Å². The summed E-state index contributed by atoms with van der Waals surface area (Å²) in [5.74, 6) is 0. The van der Waals surface area contributed by atoms with Crippen LogP contribution in [-0.2, 0) is 6.42 Å². The summed E-state index contributed by atoms with van der Waals surface area (Å²) in [6, 6.07) is 7.40. The molecule has 82 valence electrons. The third-order valence-corrected chi connectivity index (χ3v) is 2.56. The van der Waals surface area contributed by atoms with Crippen molar-refractivity contribution in [3.8, 4) is 0 Å². The second-order valence-corrected chi connectivity index (χ2v) is 4.44. The van der Waals surface area contributed by atoms with Crippen LogP contribution in [0, 0.1) is 6.92 Å². The molecule has 0 amide bonds. The minimum atomic E-state index is 0.638. The molecule has 0 N–H and O–H groups in total. The molecule has 0 saturated carbocycles. The SMILES string of the molecule is Cc1cc(Cl)cc(Cc2ccc(Cl)cn2)n1. The Kier molecular flexibility index (Phi) is 3.42. The zero-order valence-corrected chi connectivity index (χ0v) is 10.3. The molecule has 2 aromatic rings. The predicted molar refractivity (Wildman–Crippen MR) is 66.0 cm³/mol. The van der Waals surface area contributed by atoms with Crippen LogP contribution in [0.15, 0.2) is 30.5 Å². The van der Waals surface area contributed by atoms with Crippen molar-refractivity contribution in [1.29, 1.82) is 0 Å². The van der Waals surface area contributed by atoms with Gasteiger partial charge in [0.1, 0.15) is 0 Å². The maximum Gasteiger partial charge on any atom is 0.0589 e. The van der Waals surface area contributed by atoms with E-state index in [-0.39, 0.29) is 0 Å². The molecule has 4 heteroatoms. The van der Waals surface area contributed by atoms with Crippen molar-refractivity contribution in [3.05, 3.63) is 57.6 Å². The fraction of sp³-hybridized carbons (Fsp3) is 0.167. The largest absolute Gasteiger partial charge is 0.259 e. The molecule has 0 bridgehead atoms. The van der Waals surface area contributed by atoms with Crippen LogP contribution in [0.25, 0.3) is 0 Å². The summed E-state index contributed by atoms with van der Waals surface area (Å²) in [7, 11) is 0. The van der Waals surface area contributed by atoms with Crippen LogP contribution in [0.1, 0.15) is 17.1 Å². The molecule has 0 aliphatic rings. The van der Waals surface area contributed by atoms with Gasteiger partial charge in [-0.15, -0.1) is 0 Å². The molecule has 0 spiro atoms. The average molecular weight is 253 g/mol. The molecule has 0 aromatic carbocycles. The molecule has 0 atom stereocenters. The second-order valence-electron chi connectivity index (χ2n) is 3.56. The maximum absolute atomic E-state index is 5.96. The number of aromatic nitrogens is 2. The quantitative estimate of drug-likeness (QED) is 0.815. The van der Waals surface area contributed by atoms with Crippen LogP contribution >= 0.6 is 23.2 Å². The number of halogens is 2. The van der Waals surface area contributed by atoms with E-state index in [1.807, 2.05) is 31.2 Å². The Hall–Kier alpha value is -1.12. The molecule has 0 radical (unpaired) electrons. The van der Waals surface area contributed by atoms with Gasteiger partial charge in [0.25, 0.3) is 0 Å². The van der Waals surface area contributed by atoms with E-state index in [4.69, 9.17) is 23.2 Å². The van der Waals surface area contributed by atoms with Crippen molar-refractivity contribution in [2.24, 2.45) is 0 Å². The predicted octanol–water partition coefficient (Wildman–Crippen LogP) is 3.68. The van der Waals surface area contributed by atoms with Crippen molar-refractivity contribution >= 4 is 23.2 Å². The van der Waals surface area contributed by atoms with E-state index < -0.39 is 0 Å². The monoisotopic (exact) mass is 252 g/mol. The summed E-state index contributed by atoms with van der Waals surface area (Å²) < 4.78 is 0. The van der Waals surface area contributed by atoms with E-state index in [0.717, 1.165) is 17.1 Å². The van der Waals surface area contributed by atoms with Crippen molar-refractivity contribution in [3.63, 3.8) is 0 Å². The van der Waals surface area contributed by atoms with Gasteiger partial charge >= 0.3 is 0 Å². The molecular weight excluding hydrogens is 243 g/mol. The Morgan fingerprint density at radius 2 is 1.88 bits per heavy atom. The summed E-state index contributed by atoms with van der Waals surface area (Å²) >= 11 is 11.7. The Labute approximate surface area is 104 Å². The summed E-state index contributed by atoms with van der Waals surface area (Å²) in [4.78, 5) is 8.61. The highest BCUT2D eigenvalue weighted by Gasteiger charge is 2.01. The number of rotatable bonds is 2. The fourth-order valence-corrected chi connectivity index (χ4v) is 1.87. The Morgan fingerprint density at radius 1 is 1.06 bits per heavy atom. The van der Waals surface area contributed by atoms with Gasteiger partial charge in [-0.05, 0) is 31.2 Å². The molecule has 0 aliphatic carbocycles. The number of aryl methyl sites for hydroxylation is 1. The maximum atomic E-state index is 5.96. The zero-order valence-electron chi connectivity index (χ0n) is 8.74. The van der Waals surface area contributed by atoms with Gasteiger partial charge in [-0.2, -0.15) is 0 Å². The molecule has 0 unspecified atom stereocenters. The molecular formula is C12H10Cl2N2. The second kappa shape index (κ2) is 4.81. The summed E-state index contributed by atoms with van der Waals surface area (Å²) in [6.45, 7) is 1.92. The Bertz CT molecular complexity index is 475. The lowest BCUT2D eigenvalue weighted by atomic mass is 10.2. The topological polar surface area (TPSA) is 25.8 Å². The number of nitrogens with zero attached hydrogens (tertiary/aromatic N) is 2. The minimum absolute atomic E-state index is 0.638. The lowest BCUT2D eigenvalue weighted by molar-refractivity contribution is 0.992. The fourth-order valence-electron chi connectivity index (χ4n) is 1.48. The van der Waals surface area contributed by atoms with Crippen LogP contribution in [0.4, 0.5) is 0 Å². The zero-order chi connectivity index (χ0) is 11.5. The van der Waals surface area contributed by atoms with Crippen LogP contribution in [0.2, 0.25) is 10.0 Å². The van der Waals surface area contributed by atoms with Gasteiger partial charge in [-0.3, -0.25) is 9.97 Å². The number of hydrogen-bond acceptors (Lipinski definition) is 2. The number of pyridine rings is 2. The van der Waals surface area contributed by atoms with Gasteiger partial charge in [0.05, 0.1) is 5.02 Å². The van der Waals surface area contributed by atoms with E-state index in [1.54, 1.807) is 6.20 Å². The molecule has 2 heterocycles. The first-order valence-electron chi connectivity index (χ1n) is 4.87. The summed E-state index contributed by atoms with van der Waals surface area (Å²) in [6.07, 6.45) is 2.30. The highest BCUT2D eigenvalue weighted by molar-refractivity contribution is 6.30. The molecule has 2 aromatic heterocycles. The molecule has 0 aliphatic heterocycles. The van der Waals surface area contributed by atoms with Gasteiger partial charge in [0.15, 0.2) is 0 Å². The standard InChI is InChI=1S/C12H10Cl2N2/c1-8-4-10(14)5-12(16-8)6-11-3-2-9(13)7-15-11/h2-5,7H,6H2,1H3. The Balaban J connectivity index is 2.23. The lowest BCUT2D eigenvalue weighted by Gasteiger charge is -2.03. The third-order valence-electron chi connectivity index (χ3n) is 2.12.